The monoisotopic (exact) mass is 203 g/mol. The average molecular weight is 203 g/mol. The number of nitrogens with zero attached hydrogens (tertiary/aromatic N) is 1. The summed E-state index contributed by atoms with van der Waals surface area (Å²) < 4.78 is 0. The average Bonchev–Trinajstić information content (AvgIpc) is 2.63. The first-order valence-electron chi connectivity index (χ1n) is 5.64. The minimum Gasteiger partial charge on any atom is -0.342 e. The van der Waals surface area contributed by atoms with Crippen LogP contribution in [0.3, 0.4) is 0 Å². The van der Waals surface area contributed by atoms with E-state index in [1.54, 1.807) is 0 Å². The van der Waals surface area contributed by atoms with Crippen molar-refractivity contribution in [3.8, 4) is 0 Å². The maximum atomic E-state index is 11.7. The number of likely N-dealkylation sites (tertiary alicyclic amines) is 1. The van der Waals surface area contributed by atoms with Gasteiger partial charge in [-0.15, -0.1) is 0 Å². The predicted octanol–water partition coefficient (Wildman–Crippen LogP) is 2.41. The van der Waals surface area contributed by atoms with Gasteiger partial charge in [0.2, 0.25) is 5.91 Å². The third-order valence-corrected chi connectivity index (χ3v) is 2.98. The second-order valence-corrected chi connectivity index (χ2v) is 4.15. The molecule has 1 amide bonds. The molecule has 2 rings (SSSR count). The molecule has 80 valence electrons. The zero-order valence-electron chi connectivity index (χ0n) is 9.15. The van der Waals surface area contributed by atoms with Gasteiger partial charge in [0.15, 0.2) is 0 Å². The lowest BCUT2D eigenvalue weighted by atomic mass is 9.99. The van der Waals surface area contributed by atoms with Crippen molar-refractivity contribution in [2.45, 2.75) is 25.7 Å². The standard InChI is InChI=1S/C13H17NO/c1-2-8-14-10-12(9-13(14)15)11-6-4-3-5-7-11/h3-7,12H,2,8-10H2,1H3. The Labute approximate surface area is 90.9 Å². The second kappa shape index (κ2) is 4.47. The van der Waals surface area contributed by atoms with Crippen molar-refractivity contribution >= 4 is 5.91 Å². The van der Waals surface area contributed by atoms with E-state index in [1.165, 1.54) is 5.56 Å². The van der Waals surface area contributed by atoms with Gasteiger partial charge in [-0.05, 0) is 12.0 Å². The maximum Gasteiger partial charge on any atom is 0.223 e. The van der Waals surface area contributed by atoms with Gasteiger partial charge in [0.05, 0.1) is 0 Å². The Bertz CT molecular complexity index is 334. The minimum atomic E-state index is 0.311. The number of rotatable bonds is 3. The van der Waals surface area contributed by atoms with E-state index in [0.29, 0.717) is 18.2 Å². The van der Waals surface area contributed by atoms with E-state index in [0.717, 1.165) is 19.5 Å². The SMILES string of the molecule is CCCN1CC(c2ccccc2)CC1=O. The molecule has 0 bridgehead atoms. The van der Waals surface area contributed by atoms with Crippen LogP contribution in [0.2, 0.25) is 0 Å². The molecule has 15 heavy (non-hydrogen) atoms. The van der Waals surface area contributed by atoms with Crippen molar-refractivity contribution in [3.05, 3.63) is 35.9 Å². The molecular formula is C13H17NO. The van der Waals surface area contributed by atoms with E-state index in [4.69, 9.17) is 0 Å². The molecule has 1 saturated heterocycles. The van der Waals surface area contributed by atoms with E-state index >= 15 is 0 Å². The van der Waals surface area contributed by atoms with E-state index in [9.17, 15) is 4.79 Å². The summed E-state index contributed by atoms with van der Waals surface area (Å²) in [6.07, 6.45) is 1.73. The van der Waals surface area contributed by atoms with Gasteiger partial charge in [-0.1, -0.05) is 37.3 Å². The van der Waals surface area contributed by atoms with Crippen LogP contribution in [-0.2, 0) is 4.79 Å². The Hall–Kier alpha value is -1.31. The molecule has 0 saturated carbocycles. The Kier molecular flexibility index (Phi) is 3.05. The largest absolute Gasteiger partial charge is 0.342 e. The summed E-state index contributed by atoms with van der Waals surface area (Å²) in [7, 11) is 0. The van der Waals surface area contributed by atoms with Crippen molar-refractivity contribution in [2.24, 2.45) is 0 Å². The van der Waals surface area contributed by atoms with Gasteiger partial charge in [-0.2, -0.15) is 0 Å². The van der Waals surface area contributed by atoms with Crippen molar-refractivity contribution in [3.63, 3.8) is 0 Å². The first kappa shape index (κ1) is 10.2. The van der Waals surface area contributed by atoms with Crippen LogP contribution in [-0.4, -0.2) is 23.9 Å². The Morgan fingerprint density at radius 3 is 2.73 bits per heavy atom. The molecule has 1 heterocycles. The van der Waals surface area contributed by atoms with Crippen LogP contribution < -0.4 is 0 Å². The predicted molar refractivity (Wildman–Crippen MR) is 60.7 cm³/mol. The van der Waals surface area contributed by atoms with Crippen molar-refractivity contribution in [1.82, 2.24) is 4.90 Å². The van der Waals surface area contributed by atoms with E-state index in [2.05, 4.69) is 19.1 Å². The number of hydrogen-bond donors (Lipinski definition) is 0. The summed E-state index contributed by atoms with van der Waals surface area (Å²) in [5.74, 6) is 0.718. The summed E-state index contributed by atoms with van der Waals surface area (Å²) in [4.78, 5) is 13.7. The number of carbonyl (C=O) groups is 1. The molecular weight excluding hydrogens is 186 g/mol. The smallest absolute Gasteiger partial charge is 0.223 e. The van der Waals surface area contributed by atoms with Crippen LogP contribution in [0.15, 0.2) is 30.3 Å². The molecule has 1 atom stereocenters. The van der Waals surface area contributed by atoms with E-state index < -0.39 is 0 Å². The minimum absolute atomic E-state index is 0.311. The fourth-order valence-electron chi connectivity index (χ4n) is 2.21. The Morgan fingerprint density at radius 2 is 2.07 bits per heavy atom. The van der Waals surface area contributed by atoms with Gasteiger partial charge in [-0.25, -0.2) is 0 Å². The van der Waals surface area contributed by atoms with Crippen LogP contribution in [0, 0.1) is 0 Å². The van der Waals surface area contributed by atoms with E-state index in [1.807, 2.05) is 23.1 Å². The molecule has 1 aliphatic rings. The van der Waals surface area contributed by atoms with Crippen LogP contribution in [0.1, 0.15) is 31.2 Å². The maximum absolute atomic E-state index is 11.7. The molecule has 1 fully saturated rings. The normalized spacial score (nSPS) is 21.0. The highest BCUT2D eigenvalue weighted by molar-refractivity contribution is 5.79. The summed E-state index contributed by atoms with van der Waals surface area (Å²) in [6, 6.07) is 10.3. The van der Waals surface area contributed by atoms with Gasteiger partial charge in [-0.3, -0.25) is 4.79 Å². The van der Waals surface area contributed by atoms with Gasteiger partial charge < -0.3 is 4.90 Å². The van der Waals surface area contributed by atoms with Gasteiger partial charge in [0.25, 0.3) is 0 Å². The quantitative estimate of drug-likeness (QED) is 0.738. The number of benzene rings is 1. The Morgan fingerprint density at radius 1 is 1.33 bits per heavy atom. The lowest BCUT2D eigenvalue weighted by Crippen LogP contribution is -2.25. The highest BCUT2D eigenvalue weighted by Crippen LogP contribution is 2.27. The number of carbonyl (C=O) groups excluding carboxylic acids is 1. The molecule has 2 nitrogen and oxygen atoms in total. The number of hydrogen-bond acceptors (Lipinski definition) is 1. The first-order valence-corrected chi connectivity index (χ1v) is 5.64. The summed E-state index contributed by atoms with van der Waals surface area (Å²) >= 11 is 0. The lowest BCUT2D eigenvalue weighted by Gasteiger charge is -2.15. The number of amides is 1. The molecule has 2 heteroatoms. The van der Waals surface area contributed by atoms with Crippen LogP contribution in [0.25, 0.3) is 0 Å². The first-order chi connectivity index (χ1) is 7.31. The molecule has 0 N–H and O–H groups in total. The highest BCUT2D eigenvalue weighted by atomic mass is 16.2. The summed E-state index contributed by atoms with van der Waals surface area (Å²) in [5, 5.41) is 0. The summed E-state index contributed by atoms with van der Waals surface area (Å²) in [6.45, 7) is 3.92. The van der Waals surface area contributed by atoms with Crippen molar-refractivity contribution < 1.29 is 4.79 Å². The highest BCUT2D eigenvalue weighted by Gasteiger charge is 2.29. The van der Waals surface area contributed by atoms with Gasteiger partial charge in [0.1, 0.15) is 0 Å². The van der Waals surface area contributed by atoms with Crippen LogP contribution in [0.5, 0.6) is 0 Å². The molecule has 1 aliphatic heterocycles. The molecule has 1 aromatic rings. The van der Waals surface area contributed by atoms with Crippen LogP contribution >= 0.6 is 0 Å². The molecule has 1 aromatic carbocycles. The third kappa shape index (κ3) is 2.20. The molecule has 0 aliphatic carbocycles. The Balaban J connectivity index is 2.06. The molecule has 0 spiro atoms. The fraction of sp³-hybridized carbons (Fsp3) is 0.462. The van der Waals surface area contributed by atoms with Crippen molar-refractivity contribution in [2.75, 3.05) is 13.1 Å². The summed E-state index contributed by atoms with van der Waals surface area (Å²) in [5.41, 5.74) is 1.30. The van der Waals surface area contributed by atoms with Gasteiger partial charge in [0, 0.05) is 25.4 Å². The van der Waals surface area contributed by atoms with Crippen LogP contribution in [0.4, 0.5) is 0 Å². The molecule has 1 unspecified atom stereocenters. The van der Waals surface area contributed by atoms with E-state index in [-0.39, 0.29) is 0 Å². The fourth-order valence-corrected chi connectivity index (χ4v) is 2.21. The molecule has 0 aromatic heterocycles. The zero-order valence-corrected chi connectivity index (χ0v) is 9.15. The third-order valence-electron chi connectivity index (χ3n) is 2.98. The van der Waals surface area contributed by atoms with Gasteiger partial charge >= 0.3 is 0 Å². The lowest BCUT2D eigenvalue weighted by molar-refractivity contribution is -0.127. The van der Waals surface area contributed by atoms with Crippen molar-refractivity contribution in [1.29, 1.82) is 0 Å². The topological polar surface area (TPSA) is 20.3 Å². The molecule has 0 radical (unpaired) electrons. The zero-order chi connectivity index (χ0) is 10.7. The second-order valence-electron chi connectivity index (χ2n) is 4.15.